The molecule has 0 aliphatic rings. The third-order valence-corrected chi connectivity index (χ3v) is 3.34. The minimum absolute atomic E-state index is 0.253. The number of hydrogen-bond acceptors (Lipinski definition) is 4. The van der Waals surface area contributed by atoms with Crippen LogP contribution in [-0.2, 0) is 5.60 Å². The van der Waals surface area contributed by atoms with Crippen LogP contribution in [0.5, 0.6) is 0 Å². The molecule has 1 aromatic carbocycles. The van der Waals surface area contributed by atoms with Crippen LogP contribution in [0.2, 0.25) is 0 Å². The molecule has 4 heteroatoms. The molecule has 1 aromatic heterocycles. The van der Waals surface area contributed by atoms with Crippen LogP contribution in [0.25, 0.3) is 11.0 Å². The van der Waals surface area contributed by atoms with Crippen molar-refractivity contribution in [3.8, 4) is 0 Å². The Morgan fingerprint density at radius 3 is 2.82 bits per heavy atom. The third-order valence-electron chi connectivity index (χ3n) is 3.34. The standard InChI is InChI=1S/C13H17NO3/c1-9(14-2)13(16,8-15)11-3-4-12-10(7-11)5-6-17-12/h3-7,9,14-16H,8H2,1-2H3. The van der Waals surface area contributed by atoms with Gasteiger partial charge < -0.3 is 19.9 Å². The average molecular weight is 235 g/mol. The molecule has 0 saturated heterocycles. The molecular weight excluding hydrogens is 218 g/mol. The normalized spacial score (nSPS) is 16.9. The van der Waals surface area contributed by atoms with Crippen LogP contribution in [0.4, 0.5) is 0 Å². The van der Waals surface area contributed by atoms with Crippen LogP contribution in [0.1, 0.15) is 12.5 Å². The van der Waals surface area contributed by atoms with E-state index in [0.29, 0.717) is 5.56 Å². The highest BCUT2D eigenvalue weighted by Crippen LogP contribution is 2.28. The molecule has 2 atom stereocenters. The summed E-state index contributed by atoms with van der Waals surface area (Å²) in [4.78, 5) is 0. The Morgan fingerprint density at radius 2 is 2.18 bits per heavy atom. The Kier molecular flexibility index (Phi) is 3.19. The van der Waals surface area contributed by atoms with E-state index in [9.17, 15) is 10.2 Å². The van der Waals surface area contributed by atoms with Crippen LogP contribution in [0, 0.1) is 0 Å². The van der Waals surface area contributed by atoms with E-state index in [2.05, 4.69) is 5.32 Å². The van der Waals surface area contributed by atoms with E-state index in [-0.39, 0.29) is 12.6 Å². The maximum Gasteiger partial charge on any atom is 0.133 e. The topological polar surface area (TPSA) is 65.6 Å². The van der Waals surface area contributed by atoms with Gasteiger partial charge in [0.1, 0.15) is 11.2 Å². The molecule has 0 fully saturated rings. The van der Waals surface area contributed by atoms with Crippen LogP contribution in [-0.4, -0.2) is 29.9 Å². The summed E-state index contributed by atoms with van der Waals surface area (Å²) in [5.74, 6) is 0. The number of furan rings is 1. The molecule has 3 N–H and O–H groups in total. The van der Waals surface area contributed by atoms with Gasteiger partial charge in [0.25, 0.3) is 0 Å². The highest BCUT2D eigenvalue weighted by atomic mass is 16.3. The molecule has 17 heavy (non-hydrogen) atoms. The largest absolute Gasteiger partial charge is 0.464 e. The van der Waals surface area contributed by atoms with Crippen molar-refractivity contribution in [1.82, 2.24) is 5.32 Å². The van der Waals surface area contributed by atoms with Crippen molar-refractivity contribution in [1.29, 1.82) is 0 Å². The van der Waals surface area contributed by atoms with Gasteiger partial charge >= 0.3 is 0 Å². The smallest absolute Gasteiger partial charge is 0.133 e. The van der Waals surface area contributed by atoms with Gasteiger partial charge in [0.05, 0.1) is 12.9 Å². The first kappa shape index (κ1) is 12.1. The van der Waals surface area contributed by atoms with E-state index < -0.39 is 5.60 Å². The Morgan fingerprint density at radius 1 is 1.41 bits per heavy atom. The summed E-state index contributed by atoms with van der Waals surface area (Å²) in [6.45, 7) is 1.49. The van der Waals surface area contributed by atoms with Gasteiger partial charge in [0.2, 0.25) is 0 Å². The monoisotopic (exact) mass is 235 g/mol. The Hall–Kier alpha value is -1.36. The number of fused-ring (bicyclic) bond motifs is 1. The summed E-state index contributed by atoms with van der Waals surface area (Å²) >= 11 is 0. The molecule has 0 saturated carbocycles. The van der Waals surface area contributed by atoms with E-state index in [4.69, 9.17) is 4.42 Å². The number of rotatable bonds is 4. The second kappa shape index (κ2) is 4.49. The molecule has 0 amide bonds. The minimum Gasteiger partial charge on any atom is -0.464 e. The van der Waals surface area contributed by atoms with Crippen LogP contribution < -0.4 is 5.32 Å². The molecular formula is C13H17NO3. The summed E-state index contributed by atoms with van der Waals surface area (Å²) in [6, 6.07) is 6.99. The van der Waals surface area contributed by atoms with E-state index in [1.54, 1.807) is 25.4 Å². The summed E-state index contributed by atoms with van der Waals surface area (Å²) in [5, 5.41) is 23.8. The zero-order valence-corrected chi connectivity index (χ0v) is 9.97. The summed E-state index contributed by atoms with van der Waals surface area (Å²) in [7, 11) is 1.75. The molecule has 0 bridgehead atoms. The van der Waals surface area contributed by atoms with Crippen molar-refractivity contribution in [3.05, 3.63) is 36.1 Å². The van der Waals surface area contributed by atoms with Gasteiger partial charge in [-0.15, -0.1) is 0 Å². The van der Waals surface area contributed by atoms with Gasteiger partial charge in [-0.1, -0.05) is 6.07 Å². The van der Waals surface area contributed by atoms with Crippen molar-refractivity contribution in [2.75, 3.05) is 13.7 Å². The number of benzene rings is 1. The average Bonchev–Trinajstić information content (AvgIpc) is 2.83. The number of hydrogen-bond donors (Lipinski definition) is 3. The van der Waals surface area contributed by atoms with Gasteiger partial charge in [-0.25, -0.2) is 0 Å². The SMILES string of the molecule is CNC(C)C(O)(CO)c1ccc2occc2c1. The molecule has 2 rings (SSSR count). The fourth-order valence-electron chi connectivity index (χ4n) is 1.95. The maximum atomic E-state index is 10.5. The summed E-state index contributed by atoms with van der Waals surface area (Å²) in [6.07, 6.45) is 1.61. The van der Waals surface area contributed by atoms with E-state index in [1.165, 1.54) is 0 Å². The first-order chi connectivity index (χ1) is 8.11. The quantitative estimate of drug-likeness (QED) is 0.745. The van der Waals surface area contributed by atoms with Crippen LogP contribution in [0.3, 0.4) is 0 Å². The molecule has 2 aromatic rings. The van der Waals surface area contributed by atoms with Gasteiger partial charge in [-0.3, -0.25) is 0 Å². The molecule has 2 unspecified atom stereocenters. The fraction of sp³-hybridized carbons (Fsp3) is 0.385. The lowest BCUT2D eigenvalue weighted by molar-refractivity contribution is -0.0435. The van der Waals surface area contributed by atoms with Crippen LogP contribution in [0.15, 0.2) is 34.9 Å². The number of nitrogens with one attached hydrogen (secondary N) is 1. The number of aliphatic hydroxyl groups is 2. The number of aliphatic hydroxyl groups excluding tert-OH is 1. The molecule has 0 radical (unpaired) electrons. The Bertz CT molecular complexity index is 508. The van der Waals surface area contributed by atoms with E-state index in [1.807, 2.05) is 19.1 Å². The minimum atomic E-state index is -1.29. The lowest BCUT2D eigenvalue weighted by atomic mass is 9.87. The Balaban J connectivity index is 2.48. The predicted molar refractivity (Wildman–Crippen MR) is 65.7 cm³/mol. The number of likely N-dealkylation sites (N-methyl/N-ethyl adjacent to an activating group) is 1. The van der Waals surface area contributed by atoms with Crippen molar-refractivity contribution < 1.29 is 14.6 Å². The second-order valence-corrected chi connectivity index (χ2v) is 4.27. The van der Waals surface area contributed by atoms with Gasteiger partial charge in [0.15, 0.2) is 0 Å². The van der Waals surface area contributed by atoms with Gasteiger partial charge in [-0.2, -0.15) is 0 Å². The molecule has 0 spiro atoms. The predicted octanol–water partition coefficient (Wildman–Crippen LogP) is 1.22. The molecule has 0 aliphatic carbocycles. The molecule has 92 valence electrons. The van der Waals surface area contributed by atoms with Crippen molar-refractivity contribution in [2.24, 2.45) is 0 Å². The highest BCUT2D eigenvalue weighted by Gasteiger charge is 2.34. The lowest BCUT2D eigenvalue weighted by Crippen LogP contribution is -2.48. The van der Waals surface area contributed by atoms with Gasteiger partial charge in [-0.05, 0) is 37.7 Å². The van der Waals surface area contributed by atoms with Crippen molar-refractivity contribution >= 4 is 11.0 Å². The first-order valence-electron chi connectivity index (χ1n) is 5.60. The van der Waals surface area contributed by atoms with Crippen molar-refractivity contribution in [2.45, 2.75) is 18.6 Å². The highest BCUT2D eigenvalue weighted by molar-refractivity contribution is 5.78. The third kappa shape index (κ3) is 1.95. The maximum absolute atomic E-state index is 10.5. The second-order valence-electron chi connectivity index (χ2n) is 4.27. The van der Waals surface area contributed by atoms with E-state index >= 15 is 0 Å². The van der Waals surface area contributed by atoms with Crippen molar-refractivity contribution in [3.63, 3.8) is 0 Å². The Labute approximate surface area is 99.9 Å². The first-order valence-corrected chi connectivity index (χ1v) is 5.60. The molecule has 4 nitrogen and oxygen atoms in total. The van der Waals surface area contributed by atoms with Crippen LogP contribution >= 0.6 is 0 Å². The summed E-state index contributed by atoms with van der Waals surface area (Å²) < 4.78 is 5.25. The van der Waals surface area contributed by atoms with E-state index in [0.717, 1.165) is 11.0 Å². The molecule has 0 aliphatic heterocycles. The lowest BCUT2D eigenvalue weighted by Gasteiger charge is -2.32. The molecule has 1 heterocycles. The fourth-order valence-corrected chi connectivity index (χ4v) is 1.95. The zero-order chi connectivity index (χ0) is 12.5. The van der Waals surface area contributed by atoms with Gasteiger partial charge in [0, 0.05) is 11.4 Å². The summed E-state index contributed by atoms with van der Waals surface area (Å²) in [5.41, 5.74) is 0.155. The zero-order valence-electron chi connectivity index (χ0n) is 9.97.